The van der Waals surface area contributed by atoms with Crippen LogP contribution in [0.4, 0.5) is 14.5 Å². The lowest BCUT2D eigenvalue weighted by molar-refractivity contribution is -0.145. The maximum Gasteiger partial charge on any atom is 0.266 e. The molecule has 1 heterocycles. The maximum absolute atomic E-state index is 13.8. The van der Waals surface area contributed by atoms with E-state index in [4.69, 9.17) is 0 Å². The van der Waals surface area contributed by atoms with Gasteiger partial charge < -0.3 is 10.2 Å². The molecule has 124 valence electrons. The number of carbonyl (C=O) groups is 2. The van der Waals surface area contributed by atoms with Crippen LogP contribution in [0.5, 0.6) is 0 Å². The molecule has 1 aromatic carbocycles. The summed E-state index contributed by atoms with van der Waals surface area (Å²) in [5, 5.41) is 2.64. The van der Waals surface area contributed by atoms with Crippen molar-refractivity contribution < 1.29 is 18.4 Å². The molecule has 2 amide bonds. The van der Waals surface area contributed by atoms with E-state index in [9.17, 15) is 18.4 Å². The Morgan fingerprint density at radius 3 is 2.61 bits per heavy atom. The van der Waals surface area contributed by atoms with Crippen LogP contribution in [0.25, 0.3) is 0 Å². The molecule has 0 aliphatic carbocycles. The number of amides is 2. The van der Waals surface area contributed by atoms with Gasteiger partial charge in [-0.3, -0.25) is 9.59 Å². The average Bonchev–Trinajstić information content (AvgIpc) is 2.53. The van der Waals surface area contributed by atoms with Crippen molar-refractivity contribution in [3.05, 3.63) is 42.5 Å². The Morgan fingerprint density at radius 1 is 1.39 bits per heavy atom. The summed E-state index contributed by atoms with van der Waals surface area (Å²) >= 11 is 0. The maximum atomic E-state index is 13.8. The van der Waals surface area contributed by atoms with E-state index < -0.39 is 36.6 Å². The number of anilines is 1. The first-order chi connectivity index (χ1) is 10.8. The van der Waals surface area contributed by atoms with Crippen molar-refractivity contribution >= 4 is 17.5 Å². The zero-order valence-electron chi connectivity index (χ0n) is 13.0. The fourth-order valence-corrected chi connectivity index (χ4v) is 2.64. The highest BCUT2D eigenvalue weighted by Gasteiger charge is 2.44. The summed E-state index contributed by atoms with van der Waals surface area (Å²) in [5.41, 5.74) is 1.68. The zero-order valence-corrected chi connectivity index (χ0v) is 13.0. The van der Waals surface area contributed by atoms with Gasteiger partial charge in [-0.05, 0) is 30.2 Å². The SMILES string of the molecule is C=CC(=O)N1CC(C(=O)Nc2ccc(CC)cc2)CC(F)(F)C1. The second kappa shape index (κ2) is 6.89. The Bertz CT molecular complexity index is 599. The number of halogens is 2. The van der Waals surface area contributed by atoms with Gasteiger partial charge in [-0.1, -0.05) is 25.6 Å². The molecule has 1 atom stereocenters. The standard InChI is InChI=1S/C17H20F2N2O2/c1-3-12-5-7-14(8-6-12)20-16(23)13-9-17(18,19)11-21(10-13)15(22)4-2/h4-8,13H,2-3,9-11H2,1H3,(H,20,23). The Balaban J connectivity index is 2.07. The molecule has 1 saturated heterocycles. The summed E-state index contributed by atoms with van der Waals surface area (Å²) < 4.78 is 27.6. The lowest BCUT2D eigenvalue weighted by Crippen LogP contribution is -2.51. The minimum atomic E-state index is -3.08. The van der Waals surface area contributed by atoms with Crippen molar-refractivity contribution in [2.45, 2.75) is 25.7 Å². The molecule has 2 rings (SSSR count). The lowest BCUT2D eigenvalue weighted by Gasteiger charge is -2.36. The van der Waals surface area contributed by atoms with E-state index in [1.54, 1.807) is 12.1 Å². The number of aryl methyl sites for hydroxylation is 1. The third kappa shape index (κ3) is 4.37. The smallest absolute Gasteiger partial charge is 0.266 e. The van der Waals surface area contributed by atoms with E-state index in [0.29, 0.717) is 5.69 Å². The third-order valence-corrected chi connectivity index (χ3v) is 3.89. The molecule has 1 aliphatic rings. The lowest BCUT2D eigenvalue weighted by atomic mass is 9.94. The minimum Gasteiger partial charge on any atom is -0.332 e. The molecular weight excluding hydrogens is 302 g/mol. The molecule has 4 nitrogen and oxygen atoms in total. The second-order valence-electron chi connectivity index (χ2n) is 5.72. The molecule has 6 heteroatoms. The van der Waals surface area contributed by atoms with Gasteiger partial charge in [0.2, 0.25) is 11.8 Å². The molecule has 1 unspecified atom stereocenters. The first kappa shape index (κ1) is 17.1. The van der Waals surface area contributed by atoms with Crippen molar-refractivity contribution in [1.82, 2.24) is 4.90 Å². The number of likely N-dealkylation sites (tertiary alicyclic amines) is 1. The quantitative estimate of drug-likeness (QED) is 0.867. The highest BCUT2D eigenvalue weighted by atomic mass is 19.3. The van der Waals surface area contributed by atoms with Crippen LogP contribution in [-0.4, -0.2) is 35.7 Å². The number of rotatable bonds is 4. The molecule has 23 heavy (non-hydrogen) atoms. The van der Waals surface area contributed by atoms with E-state index in [2.05, 4.69) is 11.9 Å². The summed E-state index contributed by atoms with van der Waals surface area (Å²) in [7, 11) is 0. The van der Waals surface area contributed by atoms with E-state index in [1.165, 1.54) is 0 Å². The van der Waals surface area contributed by atoms with Crippen molar-refractivity contribution in [1.29, 1.82) is 0 Å². The Kier molecular flexibility index (Phi) is 5.13. The number of hydrogen-bond acceptors (Lipinski definition) is 2. The normalized spacial score (nSPS) is 20.0. The summed E-state index contributed by atoms with van der Waals surface area (Å²) in [4.78, 5) is 24.8. The van der Waals surface area contributed by atoms with Gasteiger partial charge in [0.05, 0.1) is 12.5 Å². The fourth-order valence-electron chi connectivity index (χ4n) is 2.64. The fraction of sp³-hybridized carbons (Fsp3) is 0.412. The molecule has 1 N–H and O–H groups in total. The molecule has 1 aliphatic heterocycles. The number of hydrogen-bond donors (Lipinski definition) is 1. The number of benzene rings is 1. The zero-order chi connectivity index (χ0) is 17.0. The summed E-state index contributed by atoms with van der Waals surface area (Å²) in [6.07, 6.45) is 1.30. The molecule has 1 fully saturated rings. The van der Waals surface area contributed by atoms with Gasteiger partial charge >= 0.3 is 0 Å². The monoisotopic (exact) mass is 322 g/mol. The van der Waals surface area contributed by atoms with Crippen LogP contribution in [0.1, 0.15) is 18.9 Å². The van der Waals surface area contributed by atoms with Gasteiger partial charge in [-0.2, -0.15) is 0 Å². The van der Waals surface area contributed by atoms with Gasteiger partial charge in [-0.15, -0.1) is 0 Å². The molecule has 0 radical (unpaired) electrons. The Labute approximate surface area is 134 Å². The van der Waals surface area contributed by atoms with Crippen LogP contribution in [0.15, 0.2) is 36.9 Å². The molecule has 1 aromatic rings. The van der Waals surface area contributed by atoms with Crippen LogP contribution in [0.2, 0.25) is 0 Å². The number of alkyl halides is 2. The molecule has 0 saturated carbocycles. The molecule has 0 aromatic heterocycles. The second-order valence-corrected chi connectivity index (χ2v) is 5.72. The average molecular weight is 322 g/mol. The van der Waals surface area contributed by atoms with Gasteiger partial charge in [0.25, 0.3) is 5.92 Å². The van der Waals surface area contributed by atoms with Gasteiger partial charge in [0.15, 0.2) is 0 Å². The predicted octanol–water partition coefficient (Wildman–Crippen LogP) is 2.86. The minimum absolute atomic E-state index is 0.0285. The Morgan fingerprint density at radius 2 is 2.04 bits per heavy atom. The predicted molar refractivity (Wildman–Crippen MR) is 84.3 cm³/mol. The summed E-state index contributed by atoms with van der Waals surface area (Å²) in [5.74, 6) is -5.12. The number of nitrogens with zero attached hydrogens (tertiary/aromatic N) is 1. The van der Waals surface area contributed by atoms with Crippen molar-refractivity contribution in [3.63, 3.8) is 0 Å². The number of piperidine rings is 1. The summed E-state index contributed by atoms with van der Waals surface area (Å²) in [6, 6.07) is 7.23. The van der Waals surface area contributed by atoms with Crippen LogP contribution >= 0.6 is 0 Å². The first-order valence-electron chi connectivity index (χ1n) is 7.53. The van der Waals surface area contributed by atoms with E-state index >= 15 is 0 Å². The van der Waals surface area contributed by atoms with Gasteiger partial charge in [-0.25, -0.2) is 8.78 Å². The van der Waals surface area contributed by atoms with Crippen molar-refractivity contribution in [2.75, 3.05) is 18.4 Å². The highest BCUT2D eigenvalue weighted by molar-refractivity contribution is 5.94. The molecule has 0 spiro atoms. The largest absolute Gasteiger partial charge is 0.332 e. The topological polar surface area (TPSA) is 49.4 Å². The third-order valence-electron chi connectivity index (χ3n) is 3.89. The first-order valence-corrected chi connectivity index (χ1v) is 7.53. The van der Waals surface area contributed by atoms with Gasteiger partial charge in [0.1, 0.15) is 0 Å². The van der Waals surface area contributed by atoms with Crippen molar-refractivity contribution in [3.8, 4) is 0 Å². The van der Waals surface area contributed by atoms with E-state index in [-0.39, 0.29) is 6.54 Å². The van der Waals surface area contributed by atoms with E-state index in [1.807, 2.05) is 19.1 Å². The van der Waals surface area contributed by atoms with Crippen LogP contribution in [0.3, 0.4) is 0 Å². The van der Waals surface area contributed by atoms with E-state index in [0.717, 1.165) is 23.0 Å². The Hall–Kier alpha value is -2.24. The highest BCUT2D eigenvalue weighted by Crippen LogP contribution is 2.31. The summed E-state index contributed by atoms with van der Waals surface area (Å²) in [6.45, 7) is 4.62. The van der Waals surface area contributed by atoms with Crippen LogP contribution < -0.4 is 5.32 Å². The molecule has 0 bridgehead atoms. The van der Waals surface area contributed by atoms with Crippen LogP contribution in [-0.2, 0) is 16.0 Å². The number of carbonyl (C=O) groups excluding carboxylic acids is 2. The number of nitrogens with one attached hydrogen (secondary N) is 1. The van der Waals surface area contributed by atoms with Crippen LogP contribution in [0, 0.1) is 5.92 Å². The van der Waals surface area contributed by atoms with Gasteiger partial charge in [0, 0.05) is 18.7 Å². The molecular formula is C17H20F2N2O2. The van der Waals surface area contributed by atoms with Crippen molar-refractivity contribution in [2.24, 2.45) is 5.92 Å².